The van der Waals surface area contributed by atoms with Gasteiger partial charge < -0.3 is 13.9 Å². The van der Waals surface area contributed by atoms with Crippen molar-refractivity contribution in [2.45, 2.75) is 6.42 Å². The van der Waals surface area contributed by atoms with Gasteiger partial charge in [0.2, 0.25) is 0 Å². The zero-order chi connectivity index (χ0) is 21.4. The van der Waals surface area contributed by atoms with Crippen molar-refractivity contribution in [1.82, 2.24) is 0 Å². The van der Waals surface area contributed by atoms with Crippen LogP contribution < -0.4 is 4.74 Å². The van der Waals surface area contributed by atoms with Crippen LogP contribution in [0, 0.1) is 0 Å². The Kier molecular flexibility index (Phi) is 4.64. The molecule has 0 atom stereocenters. The molecule has 0 saturated heterocycles. The lowest BCUT2D eigenvalue weighted by atomic mass is 10.0. The van der Waals surface area contributed by atoms with E-state index in [9.17, 15) is 9.59 Å². The van der Waals surface area contributed by atoms with Crippen molar-refractivity contribution in [3.05, 3.63) is 90.2 Å². The predicted octanol–water partition coefficient (Wildman–Crippen LogP) is 5.67. The topological polar surface area (TPSA) is 65.7 Å². The van der Waals surface area contributed by atoms with Gasteiger partial charge in [-0.3, -0.25) is 4.79 Å². The molecule has 0 bridgehead atoms. The largest absolute Gasteiger partial charge is 0.465 e. The molecule has 5 aromatic rings. The molecule has 0 spiro atoms. The SMILES string of the molecule is COC(=O)c1ccc2ccccc2c1OC(=O)Cc1coc2ccc3ccccc3c12. The van der Waals surface area contributed by atoms with Crippen molar-refractivity contribution in [3.63, 3.8) is 0 Å². The molecule has 0 fully saturated rings. The van der Waals surface area contributed by atoms with E-state index in [1.54, 1.807) is 18.4 Å². The first-order chi connectivity index (χ1) is 15.2. The Morgan fingerprint density at radius 3 is 2.29 bits per heavy atom. The fraction of sp³-hybridized carbons (Fsp3) is 0.0769. The van der Waals surface area contributed by atoms with Crippen LogP contribution in [0.2, 0.25) is 0 Å². The minimum absolute atomic E-state index is 0.00480. The summed E-state index contributed by atoms with van der Waals surface area (Å²) in [5.41, 5.74) is 1.65. The van der Waals surface area contributed by atoms with Crippen molar-refractivity contribution >= 4 is 44.5 Å². The van der Waals surface area contributed by atoms with E-state index in [1.165, 1.54) is 7.11 Å². The first kappa shape index (κ1) is 18.9. The lowest BCUT2D eigenvalue weighted by Gasteiger charge is -2.12. The predicted molar refractivity (Wildman–Crippen MR) is 118 cm³/mol. The maximum absolute atomic E-state index is 13.0. The average molecular weight is 410 g/mol. The highest BCUT2D eigenvalue weighted by Crippen LogP contribution is 2.33. The summed E-state index contributed by atoms with van der Waals surface area (Å²) in [5, 5.41) is 4.49. The molecular formula is C26H18O5. The molecule has 0 saturated carbocycles. The fourth-order valence-electron chi connectivity index (χ4n) is 3.93. The number of carbonyl (C=O) groups excluding carboxylic acids is 2. The van der Waals surface area contributed by atoms with Crippen LogP contribution in [0.1, 0.15) is 15.9 Å². The number of hydrogen-bond acceptors (Lipinski definition) is 5. The Bertz CT molecular complexity index is 1460. The molecule has 1 heterocycles. The Morgan fingerprint density at radius 2 is 1.52 bits per heavy atom. The van der Waals surface area contributed by atoms with Gasteiger partial charge in [-0.05, 0) is 28.3 Å². The molecule has 31 heavy (non-hydrogen) atoms. The molecule has 0 aliphatic carbocycles. The maximum atomic E-state index is 13.0. The highest BCUT2D eigenvalue weighted by atomic mass is 16.5. The smallest absolute Gasteiger partial charge is 0.341 e. The van der Waals surface area contributed by atoms with Crippen LogP contribution in [0.3, 0.4) is 0 Å². The van der Waals surface area contributed by atoms with Crippen molar-refractivity contribution in [3.8, 4) is 5.75 Å². The lowest BCUT2D eigenvalue weighted by molar-refractivity contribution is -0.133. The van der Waals surface area contributed by atoms with Crippen LogP contribution in [-0.2, 0) is 16.0 Å². The molecule has 5 heteroatoms. The molecule has 4 aromatic carbocycles. The minimum atomic E-state index is -0.562. The van der Waals surface area contributed by atoms with Gasteiger partial charge in [-0.15, -0.1) is 0 Å². The number of ether oxygens (including phenoxy) is 2. The number of esters is 2. The molecule has 0 aliphatic rings. The Labute approximate surface area is 177 Å². The van der Waals surface area contributed by atoms with Crippen molar-refractivity contribution in [1.29, 1.82) is 0 Å². The summed E-state index contributed by atoms with van der Waals surface area (Å²) in [6.45, 7) is 0. The Hall–Kier alpha value is -4.12. The first-order valence-electron chi connectivity index (χ1n) is 9.84. The zero-order valence-electron chi connectivity index (χ0n) is 16.8. The molecule has 152 valence electrons. The lowest BCUT2D eigenvalue weighted by Crippen LogP contribution is -2.14. The molecule has 0 N–H and O–H groups in total. The molecule has 0 aliphatic heterocycles. The van der Waals surface area contributed by atoms with Crippen LogP contribution in [0.15, 0.2) is 83.5 Å². The van der Waals surface area contributed by atoms with Gasteiger partial charge in [0.1, 0.15) is 11.1 Å². The third kappa shape index (κ3) is 3.30. The van der Waals surface area contributed by atoms with Crippen LogP contribution in [0.5, 0.6) is 5.75 Å². The van der Waals surface area contributed by atoms with Gasteiger partial charge >= 0.3 is 11.9 Å². The number of hydrogen-bond donors (Lipinski definition) is 0. The standard InChI is InChI=1S/C26H18O5/c1-29-26(28)21-12-10-17-7-3-5-9-20(17)25(21)31-23(27)14-18-15-30-22-13-11-16-6-2-4-8-19(16)24(18)22/h2-13,15H,14H2,1H3. The van der Waals surface area contributed by atoms with E-state index < -0.39 is 11.9 Å². The van der Waals surface area contributed by atoms with Crippen LogP contribution >= 0.6 is 0 Å². The van der Waals surface area contributed by atoms with Crippen LogP contribution in [-0.4, -0.2) is 19.0 Å². The number of fused-ring (bicyclic) bond motifs is 4. The second kappa shape index (κ2) is 7.61. The number of rotatable bonds is 4. The van der Waals surface area contributed by atoms with Crippen molar-refractivity contribution in [2.75, 3.05) is 7.11 Å². The van der Waals surface area contributed by atoms with Crippen LogP contribution in [0.4, 0.5) is 0 Å². The van der Waals surface area contributed by atoms with E-state index in [1.807, 2.05) is 60.7 Å². The summed E-state index contributed by atoms with van der Waals surface area (Å²) in [4.78, 5) is 25.2. The molecule has 0 amide bonds. The summed E-state index contributed by atoms with van der Waals surface area (Å²) in [7, 11) is 1.30. The van der Waals surface area contributed by atoms with Gasteiger partial charge in [0.25, 0.3) is 0 Å². The summed E-state index contributed by atoms with van der Waals surface area (Å²) in [6, 6.07) is 22.7. The summed E-state index contributed by atoms with van der Waals surface area (Å²) in [6.07, 6.45) is 1.59. The van der Waals surface area contributed by atoms with E-state index in [4.69, 9.17) is 13.9 Å². The van der Waals surface area contributed by atoms with Gasteiger partial charge in [0.05, 0.1) is 19.8 Å². The minimum Gasteiger partial charge on any atom is -0.465 e. The summed E-state index contributed by atoms with van der Waals surface area (Å²) in [5.74, 6) is -0.849. The summed E-state index contributed by atoms with van der Waals surface area (Å²) >= 11 is 0. The first-order valence-corrected chi connectivity index (χ1v) is 9.84. The average Bonchev–Trinajstić information content (AvgIpc) is 3.22. The highest BCUT2D eigenvalue weighted by Gasteiger charge is 2.21. The number of carbonyl (C=O) groups is 2. The van der Waals surface area contributed by atoms with Crippen molar-refractivity contribution in [2.24, 2.45) is 0 Å². The van der Waals surface area contributed by atoms with Crippen LogP contribution in [0.25, 0.3) is 32.5 Å². The van der Waals surface area contributed by atoms with E-state index in [2.05, 4.69) is 0 Å². The van der Waals surface area contributed by atoms with Crippen molar-refractivity contribution < 1.29 is 23.5 Å². The number of methoxy groups -OCH3 is 1. The highest BCUT2D eigenvalue weighted by molar-refractivity contribution is 6.08. The fourth-order valence-corrected chi connectivity index (χ4v) is 3.93. The third-order valence-electron chi connectivity index (χ3n) is 5.38. The van der Waals surface area contributed by atoms with E-state index in [-0.39, 0.29) is 17.7 Å². The van der Waals surface area contributed by atoms with Gasteiger partial charge in [0, 0.05) is 16.3 Å². The van der Waals surface area contributed by atoms with E-state index in [0.717, 1.165) is 27.1 Å². The summed E-state index contributed by atoms with van der Waals surface area (Å²) < 4.78 is 16.3. The number of furan rings is 1. The zero-order valence-corrected chi connectivity index (χ0v) is 16.8. The molecule has 0 unspecified atom stereocenters. The monoisotopic (exact) mass is 410 g/mol. The molecule has 5 rings (SSSR count). The molecule has 5 nitrogen and oxygen atoms in total. The van der Waals surface area contributed by atoms with Gasteiger partial charge in [0.15, 0.2) is 5.75 Å². The molecular weight excluding hydrogens is 392 g/mol. The Balaban J connectivity index is 1.54. The third-order valence-corrected chi connectivity index (χ3v) is 5.38. The molecule has 1 aromatic heterocycles. The normalized spacial score (nSPS) is 11.1. The second-order valence-electron chi connectivity index (χ2n) is 7.23. The quantitative estimate of drug-likeness (QED) is 0.282. The van der Waals surface area contributed by atoms with E-state index in [0.29, 0.717) is 11.0 Å². The Morgan fingerprint density at radius 1 is 0.839 bits per heavy atom. The second-order valence-corrected chi connectivity index (χ2v) is 7.23. The van der Waals surface area contributed by atoms with E-state index >= 15 is 0 Å². The van der Waals surface area contributed by atoms with Gasteiger partial charge in [-0.2, -0.15) is 0 Å². The van der Waals surface area contributed by atoms with Gasteiger partial charge in [-0.1, -0.05) is 60.7 Å². The number of benzene rings is 4. The maximum Gasteiger partial charge on any atom is 0.341 e. The van der Waals surface area contributed by atoms with Gasteiger partial charge in [-0.25, -0.2) is 4.79 Å². The molecule has 0 radical (unpaired) electrons.